The van der Waals surface area contributed by atoms with Crippen molar-refractivity contribution < 1.29 is 9.53 Å². The number of halogens is 1. The number of Topliss-reactive ketones (excluding diaryl/α,β-unsaturated/α-hetero) is 1. The van der Waals surface area contributed by atoms with Gasteiger partial charge in [0.25, 0.3) is 5.19 Å². The molecule has 4 nitrogen and oxygen atoms in total. The van der Waals surface area contributed by atoms with E-state index in [-0.39, 0.29) is 5.78 Å². The van der Waals surface area contributed by atoms with Crippen molar-refractivity contribution in [3.8, 4) is 11.1 Å². The highest BCUT2D eigenvalue weighted by molar-refractivity contribution is 7.20. The lowest BCUT2D eigenvalue weighted by atomic mass is 10.0. The number of thiazole rings is 1. The van der Waals surface area contributed by atoms with Gasteiger partial charge >= 0.3 is 0 Å². The molecule has 0 bridgehead atoms. The lowest BCUT2D eigenvalue weighted by Gasteiger charge is -2.05. The van der Waals surface area contributed by atoms with Gasteiger partial charge in [0.05, 0.1) is 10.2 Å². The molecule has 3 rings (SSSR count). The second-order valence-electron chi connectivity index (χ2n) is 6.01. The number of carbonyl (C=O) groups is 1. The van der Waals surface area contributed by atoms with E-state index < -0.39 is 0 Å². The van der Waals surface area contributed by atoms with Crippen LogP contribution >= 0.6 is 22.9 Å². The molecule has 124 valence electrons. The van der Waals surface area contributed by atoms with Gasteiger partial charge in [0.1, 0.15) is 5.78 Å². The van der Waals surface area contributed by atoms with Gasteiger partial charge in [0, 0.05) is 30.1 Å². The monoisotopic (exact) mass is 360 g/mol. The van der Waals surface area contributed by atoms with Crippen LogP contribution in [0.25, 0.3) is 10.2 Å². The van der Waals surface area contributed by atoms with Crippen LogP contribution in [0.4, 0.5) is 0 Å². The topological polar surface area (TPSA) is 52.1 Å². The van der Waals surface area contributed by atoms with Gasteiger partial charge in [-0.15, -0.1) is 0 Å². The molecule has 0 spiro atoms. The largest absolute Gasteiger partial charge is 0.412 e. The van der Waals surface area contributed by atoms with Gasteiger partial charge < -0.3 is 4.74 Å². The number of rotatable bonds is 6. The first-order valence-electron chi connectivity index (χ1n) is 7.70. The molecule has 0 atom stereocenters. The molecule has 0 N–H and O–H groups in total. The van der Waals surface area contributed by atoms with Crippen molar-refractivity contribution in [1.29, 1.82) is 0 Å². The summed E-state index contributed by atoms with van der Waals surface area (Å²) in [6.07, 6.45) is 2.68. The summed E-state index contributed by atoms with van der Waals surface area (Å²) in [5.41, 5.74) is 1.74. The van der Waals surface area contributed by atoms with Crippen molar-refractivity contribution in [2.75, 3.05) is 0 Å². The third-order valence-corrected chi connectivity index (χ3v) is 4.49. The van der Waals surface area contributed by atoms with Crippen LogP contribution in [0.5, 0.6) is 11.1 Å². The van der Waals surface area contributed by atoms with Gasteiger partial charge in [-0.25, -0.2) is 9.97 Å². The Morgan fingerprint density at radius 1 is 1.29 bits per heavy atom. The van der Waals surface area contributed by atoms with E-state index in [9.17, 15) is 4.79 Å². The van der Waals surface area contributed by atoms with Gasteiger partial charge in [-0.1, -0.05) is 42.9 Å². The molecule has 0 fully saturated rings. The predicted molar refractivity (Wildman–Crippen MR) is 97.1 cm³/mol. The van der Waals surface area contributed by atoms with E-state index >= 15 is 0 Å². The molecule has 2 heterocycles. The number of ether oxygens (including phenoxy) is 1. The predicted octanol–water partition coefficient (Wildman–Crippen LogP) is 5.29. The average Bonchev–Trinajstić information content (AvgIpc) is 2.89. The van der Waals surface area contributed by atoms with Gasteiger partial charge in [0.15, 0.2) is 0 Å². The number of hydrogen-bond acceptors (Lipinski definition) is 5. The average molecular weight is 361 g/mol. The molecule has 0 saturated carbocycles. The minimum atomic E-state index is 0.225. The van der Waals surface area contributed by atoms with E-state index in [1.54, 1.807) is 18.3 Å². The van der Waals surface area contributed by atoms with Crippen molar-refractivity contribution in [2.24, 2.45) is 5.92 Å². The summed E-state index contributed by atoms with van der Waals surface area (Å²) < 4.78 is 6.66. The van der Waals surface area contributed by atoms with E-state index in [0.717, 1.165) is 15.8 Å². The van der Waals surface area contributed by atoms with Crippen LogP contribution in [-0.2, 0) is 11.2 Å². The Morgan fingerprint density at radius 3 is 2.83 bits per heavy atom. The van der Waals surface area contributed by atoms with E-state index in [1.807, 2.05) is 32.0 Å². The summed E-state index contributed by atoms with van der Waals surface area (Å²) in [5.74, 6) is 1.06. The molecule has 24 heavy (non-hydrogen) atoms. The Balaban J connectivity index is 1.67. The molecule has 6 heteroatoms. The molecule has 3 aromatic rings. The Morgan fingerprint density at radius 2 is 2.12 bits per heavy atom. The highest BCUT2D eigenvalue weighted by Crippen LogP contribution is 2.32. The summed E-state index contributed by atoms with van der Waals surface area (Å²) >= 11 is 7.39. The minimum Gasteiger partial charge on any atom is -0.412 e. The molecule has 2 aromatic heterocycles. The zero-order valence-corrected chi connectivity index (χ0v) is 15.0. The van der Waals surface area contributed by atoms with Gasteiger partial charge in [-0.3, -0.25) is 4.79 Å². The van der Waals surface area contributed by atoms with E-state index in [1.165, 1.54) is 11.3 Å². The zero-order valence-electron chi connectivity index (χ0n) is 13.5. The van der Waals surface area contributed by atoms with E-state index in [2.05, 4.69) is 9.97 Å². The lowest BCUT2D eigenvalue weighted by Crippen LogP contribution is -2.06. The third kappa shape index (κ3) is 4.30. The summed E-state index contributed by atoms with van der Waals surface area (Å²) in [6, 6.07) is 9.15. The Bertz CT molecular complexity index is 859. The van der Waals surface area contributed by atoms with E-state index in [0.29, 0.717) is 34.9 Å². The molecular formula is C18H17ClN2O2S. The molecular weight excluding hydrogens is 344 g/mol. The van der Waals surface area contributed by atoms with Crippen molar-refractivity contribution in [3.05, 3.63) is 47.1 Å². The highest BCUT2D eigenvalue weighted by atomic mass is 35.5. The van der Waals surface area contributed by atoms with E-state index in [4.69, 9.17) is 16.3 Å². The summed E-state index contributed by atoms with van der Waals surface area (Å²) in [4.78, 5) is 20.5. The second-order valence-corrected chi connectivity index (χ2v) is 7.44. The van der Waals surface area contributed by atoms with Gasteiger partial charge in [-0.2, -0.15) is 0 Å². The maximum atomic E-state index is 11.8. The fourth-order valence-corrected chi connectivity index (χ4v) is 3.44. The highest BCUT2D eigenvalue weighted by Gasteiger charge is 2.09. The fraction of sp³-hybridized carbons (Fsp3) is 0.278. The standard InChI is InChI=1S/C18H17ClN2O2S/c1-11(2)7-14(22)8-12-3-6-17(20-10-12)23-18-21-15-5-4-13(19)9-16(15)24-18/h3-6,9-11H,7-8H2,1-2H3. The van der Waals surface area contributed by atoms with Crippen LogP contribution in [-0.4, -0.2) is 15.8 Å². The first-order valence-corrected chi connectivity index (χ1v) is 8.89. The smallest absolute Gasteiger partial charge is 0.281 e. The lowest BCUT2D eigenvalue weighted by molar-refractivity contribution is -0.119. The molecule has 0 unspecified atom stereocenters. The third-order valence-electron chi connectivity index (χ3n) is 3.36. The number of ketones is 1. The minimum absolute atomic E-state index is 0.225. The number of hydrogen-bond donors (Lipinski definition) is 0. The molecule has 0 aliphatic heterocycles. The van der Waals surface area contributed by atoms with Crippen molar-refractivity contribution in [3.63, 3.8) is 0 Å². The summed E-state index contributed by atoms with van der Waals surface area (Å²) in [7, 11) is 0. The summed E-state index contributed by atoms with van der Waals surface area (Å²) in [6.45, 7) is 4.08. The Kier molecular flexibility index (Phi) is 5.11. The second kappa shape index (κ2) is 7.28. The molecule has 0 saturated heterocycles. The number of pyridine rings is 1. The Labute approximate surface area is 149 Å². The van der Waals surface area contributed by atoms with Crippen LogP contribution in [0.2, 0.25) is 5.02 Å². The maximum absolute atomic E-state index is 11.8. The zero-order chi connectivity index (χ0) is 17.1. The number of fused-ring (bicyclic) bond motifs is 1. The van der Waals surface area contributed by atoms with Crippen LogP contribution in [0.1, 0.15) is 25.8 Å². The van der Waals surface area contributed by atoms with Crippen LogP contribution in [0.3, 0.4) is 0 Å². The molecule has 0 aliphatic carbocycles. The number of carbonyl (C=O) groups excluding carboxylic acids is 1. The molecule has 0 amide bonds. The number of benzene rings is 1. The first-order chi connectivity index (χ1) is 11.5. The van der Waals surface area contributed by atoms with Crippen LogP contribution in [0, 0.1) is 5.92 Å². The molecule has 0 radical (unpaired) electrons. The molecule has 1 aromatic carbocycles. The Hall–Kier alpha value is -1.98. The summed E-state index contributed by atoms with van der Waals surface area (Å²) in [5, 5.41) is 1.19. The number of nitrogens with zero attached hydrogens (tertiary/aromatic N) is 2. The first kappa shape index (κ1) is 16.9. The maximum Gasteiger partial charge on any atom is 0.281 e. The van der Waals surface area contributed by atoms with Crippen molar-refractivity contribution >= 4 is 38.9 Å². The van der Waals surface area contributed by atoms with Gasteiger partial charge in [-0.05, 0) is 29.7 Å². The van der Waals surface area contributed by atoms with Crippen molar-refractivity contribution in [2.45, 2.75) is 26.7 Å². The fourth-order valence-electron chi connectivity index (χ4n) is 2.34. The quantitative estimate of drug-likeness (QED) is 0.599. The number of aromatic nitrogens is 2. The molecule has 0 aliphatic rings. The van der Waals surface area contributed by atoms with Gasteiger partial charge in [0.2, 0.25) is 5.88 Å². The SMILES string of the molecule is CC(C)CC(=O)Cc1ccc(Oc2nc3ccc(Cl)cc3s2)nc1. The van der Waals surface area contributed by atoms with Crippen LogP contribution < -0.4 is 4.74 Å². The van der Waals surface area contributed by atoms with Crippen LogP contribution in [0.15, 0.2) is 36.5 Å². The van der Waals surface area contributed by atoms with Crippen molar-refractivity contribution in [1.82, 2.24) is 9.97 Å². The normalized spacial score (nSPS) is 11.2.